The van der Waals surface area contributed by atoms with E-state index in [1.807, 2.05) is 20.8 Å². The second-order valence-electron chi connectivity index (χ2n) is 4.86. The van der Waals surface area contributed by atoms with Gasteiger partial charge >= 0.3 is 0 Å². The molecule has 0 atom stereocenters. The van der Waals surface area contributed by atoms with Crippen LogP contribution in [0.3, 0.4) is 0 Å². The van der Waals surface area contributed by atoms with Crippen molar-refractivity contribution in [3.8, 4) is 0 Å². The van der Waals surface area contributed by atoms with Gasteiger partial charge in [0.05, 0.1) is 11.3 Å². The average molecular weight is 193 g/mol. The molecule has 76 valence electrons. The van der Waals surface area contributed by atoms with E-state index in [-0.39, 0.29) is 11.2 Å². The number of aryl methyl sites for hydroxylation is 1. The molecule has 2 rings (SSSR count). The highest BCUT2D eigenvalue weighted by atomic mass is 16.5. The summed E-state index contributed by atoms with van der Waals surface area (Å²) in [5.74, 6) is 0.976. The highest BCUT2D eigenvalue weighted by Crippen LogP contribution is 2.31. The third kappa shape index (κ3) is 1.37. The number of carbonyl (C=O) groups is 1. The molecule has 1 heterocycles. The fourth-order valence-corrected chi connectivity index (χ4v) is 1.83. The highest BCUT2D eigenvalue weighted by Gasteiger charge is 2.31. The van der Waals surface area contributed by atoms with Gasteiger partial charge in [-0.2, -0.15) is 0 Å². The van der Waals surface area contributed by atoms with Gasteiger partial charge in [-0.3, -0.25) is 4.79 Å². The second-order valence-corrected chi connectivity index (χ2v) is 4.86. The van der Waals surface area contributed by atoms with E-state index < -0.39 is 0 Å². The Morgan fingerprint density at radius 3 is 2.64 bits per heavy atom. The van der Waals surface area contributed by atoms with Crippen molar-refractivity contribution in [3.05, 3.63) is 17.0 Å². The van der Waals surface area contributed by atoms with Gasteiger partial charge in [-0.15, -0.1) is 0 Å². The summed E-state index contributed by atoms with van der Waals surface area (Å²) in [6.07, 6.45) is 2.38. The molecule has 3 heteroatoms. The largest absolute Gasteiger partial charge is 0.360 e. The predicted molar refractivity (Wildman–Crippen MR) is 52.5 cm³/mol. The molecule has 0 spiro atoms. The lowest BCUT2D eigenvalue weighted by molar-refractivity contribution is 0.0967. The first-order valence-corrected chi connectivity index (χ1v) is 5.02. The van der Waals surface area contributed by atoms with Crippen molar-refractivity contribution in [2.24, 2.45) is 0 Å². The molecule has 0 fully saturated rings. The van der Waals surface area contributed by atoms with Gasteiger partial charge < -0.3 is 4.52 Å². The molecule has 1 aliphatic carbocycles. The smallest absolute Gasteiger partial charge is 0.168 e. The van der Waals surface area contributed by atoms with E-state index in [0.29, 0.717) is 6.42 Å². The fraction of sp³-hybridized carbons (Fsp3) is 0.636. The van der Waals surface area contributed by atoms with E-state index in [4.69, 9.17) is 4.52 Å². The van der Waals surface area contributed by atoms with E-state index in [0.717, 1.165) is 29.9 Å². The molecular formula is C11H15NO2. The normalized spacial score (nSPS) is 16.9. The van der Waals surface area contributed by atoms with Crippen molar-refractivity contribution >= 4 is 5.78 Å². The summed E-state index contributed by atoms with van der Waals surface area (Å²) in [6.45, 7) is 6.15. The summed E-state index contributed by atoms with van der Waals surface area (Å²) in [6, 6.07) is 0. The van der Waals surface area contributed by atoms with Crippen LogP contribution in [0.1, 0.15) is 55.4 Å². The zero-order valence-electron chi connectivity index (χ0n) is 8.89. The number of aromatic nitrogens is 1. The maximum atomic E-state index is 11.7. The van der Waals surface area contributed by atoms with Crippen molar-refractivity contribution in [1.82, 2.24) is 5.16 Å². The number of fused-ring (bicyclic) bond motifs is 1. The van der Waals surface area contributed by atoms with E-state index >= 15 is 0 Å². The van der Waals surface area contributed by atoms with Gasteiger partial charge in [-0.1, -0.05) is 25.9 Å². The van der Waals surface area contributed by atoms with Gasteiger partial charge in [0.15, 0.2) is 5.78 Å². The Labute approximate surface area is 83.5 Å². The number of carbonyl (C=O) groups excluding carboxylic acids is 1. The highest BCUT2D eigenvalue weighted by molar-refractivity contribution is 5.99. The Morgan fingerprint density at radius 2 is 2.00 bits per heavy atom. The molecule has 0 bridgehead atoms. The first-order valence-electron chi connectivity index (χ1n) is 5.02. The first-order chi connectivity index (χ1) is 6.50. The minimum atomic E-state index is -0.107. The van der Waals surface area contributed by atoms with Crippen LogP contribution in [0.15, 0.2) is 4.52 Å². The maximum Gasteiger partial charge on any atom is 0.168 e. The fourth-order valence-electron chi connectivity index (χ4n) is 1.83. The average Bonchev–Trinajstić information content (AvgIpc) is 2.47. The van der Waals surface area contributed by atoms with Crippen LogP contribution in [0, 0.1) is 0 Å². The molecule has 14 heavy (non-hydrogen) atoms. The molecule has 0 amide bonds. The van der Waals surface area contributed by atoms with Crippen LogP contribution in [0.25, 0.3) is 0 Å². The Morgan fingerprint density at radius 1 is 1.29 bits per heavy atom. The standard InChI is InChI=1S/C11H15NO2/c1-11(2,3)10-9-7(13)5-4-6-8(9)14-12-10/h4-6H2,1-3H3. The summed E-state index contributed by atoms with van der Waals surface area (Å²) in [5.41, 5.74) is 1.46. The second kappa shape index (κ2) is 2.94. The van der Waals surface area contributed by atoms with Crippen LogP contribution in [-0.4, -0.2) is 10.9 Å². The number of ketones is 1. The molecule has 0 aromatic carbocycles. The summed E-state index contributed by atoms with van der Waals surface area (Å²) in [4.78, 5) is 11.7. The monoisotopic (exact) mass is 193 g/mol. The maximum absolute atomic E-state index is 11.7. The minimum Gasteiger partial charge on any atom is -0.360 e. The van der Waals surface area contributed by atoms with Crippen molar-refractivity contribution in [2.45, 2.75) is 45.4 Å². The number of hydrogen-bond acceptors (Lipinski definition) is 3. The van der Waals surface area contributed by atoms with Crippen LogP contribution < -0.4 is 0 Å². The predicted octanol–water partition coefficient (Wildman–Crippen LogP) is 2.49. The lowest BCUT2D eigenvalue weighted by Crippen LogP contribution is -2.19. The summed E-state index contributed by atoms with van der Waals surface area (Å²) in [5, 5.41) is 4.02. The van der Waals surface area contributed by atoms with E-state index in [9.17, 15) is 4.79 Å². The summed E-state index contributed by atoms with van der Waals surface area (Å²) in [7, 11) is 0. The van der Waals surface area contributed by atoms with E-state index in [1.165, 1.54) is 0 Å². The number of hydrogen-bond donors (Lipinski definition) is 0. The van der Waals surface area contributed by atoms with Gasteiger partial charge in [0.1, 0.15) is 5.76 Å². The summed E-state index contributed by atoms with van der Waals surface area (Å²) >= 11 is 0. The minimum absolute atomic E-state index is 0.107. The first kappa shape index (κ1) is 9.44. The molecule has 0 N–H and O–H groups in total. The number of Topliss-reactive ketones (excluding diaryl/α,β-unsaturated/α-hetero) is 1. The van der Waals surface area contributed by atoms with Crippen molar-refractivity contribution in [3.63, 3.8) is 0 Å². The van der Waals surface area contributed by atoms with Crippen LogP contribution in [-0.2, 0) is 11.8 Å². The SMILES string of the molecule is CC(C)(C)c1noc2c1C(=O)CCC2. The van der Waals surface area contributed by atoms with Crippen LogP contribution in [0.5, 0.6) is 0 Å². The third-order valence-electron chi connectivity index (χ3n) is 2.56. The Kier molecular flexibility index (Phi) is 1.98. The molecule has 0 unspecified atom stereocenters. The van der Waals surface area contributed by atoms with Crippen LogP contribution in [0.4, 0.5) is 0 Å². The van der Waals surface area contributed by atoms with Gasteiger partial charge in [-0.05, 0) is 6.42 Å². The van der Waals surface area contributed by atoms with Crippen molar-refractivity contribution in [2.75, 3.05) is 0 Å². The number of nitrogens with zero attached hydrogens (tertiary/aromatic N) is 1. The van der Waals surface area contributed by atoms with Crippen LogP contribution >= 0.6 is 0 Å². The van der Waals surface area contributed by atoms with Crippen molar-refractivity contribution in [1.29, 1.82) is 0 Å². The van der Waals surface area contributed by atoms with Gasteiger partial charge in [0.2, 0.25) is 0 Å². The molecule has 0 saturated carbocycles. The third-order valence-corrected chi connectivity index (χ3v) is 2.56. The molecule has 0 aliphatic heterocycles. The van der Waals surface area contributed by atoms with Crippen molar-refractivity contribution < 1.29 is 9.32 Å². The zero-order chi connectivity index (χ0) is 10.3. The zero-order valence-corrected chi connectivity index (χ0v) is 8.89. The molecule has 3 nitrogen and oxygen atoms in total. The Hall–Kier alpha value is -1.12. The lowest BCUT2D eigenvalue weighted by Gasteiger charge is -2.17. The van der Waals surface area contributed by atoms with Gasteiger partial charge in [0, 0.05) is 18.3 Å². The van der Waals surface area contributed by atoms with Crippen LogP contribution in [0.2, 0.25) is 0 Å². The molecule has 0 radical (unpaired) electrons. The molecule has 0 saturated heterocycles. The molecule has 1 aliphatic rings. The number of rotatable bonds is 0. The Balaban J connectivity index is 2.54. The van der Waals surface area contributed by atoms with Gasteiger partial charge in [-0.25, -0.2) is 0 Å². The lowest BCUT2D eigenvalue weighted by atomic mass is 9.84. The summed E-state index contributed by atoms with van der Waals surface area (Å²) < 4.78 is 5.21. The van der Waals surface area contributed by atoms with Gasteiger partial charge in [0.25, 0.3) is 0 Å². The molecule has 1 aromatic rings. The topological polar surface area (TPSA) is 43.1 Å². The van der Waals surface area contributed by atoms with E-state index in [2.05, 4.69) is 5.16 Å². The quantitative estimate of drug-likeness (QED) is 0.635. The Bertz CT molecular complexity index is 371. The molecule has 1 aromatic heterocycles. The van der Waals surface area contributed by atoms with E-state index in [1.54, 1.807) is 0 Å². The molecular weight excluding hydrogens is 178 g/mol.